The monoisotopic (exact) mass is 377 g/mol. The predicted molar refractivity (Wildman–Crippen MR) is 100 cm³/mol. The molecule has 1 unspecified atom stereocenters. The summed E-state index contributed by atoms with van der Waals surface area (Å²) in [6, 6.07) is 9.26. The highest BCUT2D eigenvalue weighted by molar-refractivity contribution is 7.89. The van der Waals surface area contributed by atoms with Crippen LogP contribution in [0.3, 0.4) is 0 Å². The Morgan fingerprint density at radius 2 is 1.81 bits per heavy atom. The van der Waals surface area contributed by atoms with Gasteiger partial charge in [-0.25, -0.2) is 8.42 Å². The number of nitrogens with zero attached hydrogens (tertiary/aromatic N) is 3. The smallest absolute Gasteiger partial charge is 0.243 e. The first-order valence-electron chi connectivity index (χ1n) is 9.15. The third-order valence-electron chi connectivity index (χ3n) is 5.09. The molecule has 142 valence electrons. The Morgan fingerprint density at radius 3 is 2.35 bits per heavy atom. The predicted octanol–water partition coefficient (Wildman–Crippen LogP) is 3.00. The molecule has 1 saturated heterocycles. The molecule has 0 radical (unpaired) electrons. The molecule has 7 heteroatoms. The van der Waals surface area contributed by atoms with Gasteiger partial charge in [0.25, 0.3) is 0 Å². The summed E-state index contributed by atoms with van der Waals surface area (Å²) in [4.78, 5) is 2.57. The second-order valence-electron chi connectivity index (χ2n) is 6.99. The maximum Gasteiger partial charge on any atom is 0.243 e. The summed E-state index contributed by atoms with van der Waals surface area (Å²) in [5.74, 6) is 1.26. The van der Waals surface area contributed by atoms with Crippen LogP contribution in [0.25, 0.3) is 0 Å². The fourth-order valence-electron chi connectivity index (χ4n) is 3.19. The molecule has 0 saturated carbocycles. The molecule has 1 aromatic carbocycles. The minimum atomic E-state index is -3.43. The average Bonchev–Trinajstić information content (AvgIpc) is 3.06. The van der Waals surface area contributed by atoms with Crippen molar-refractivity contribution in [2.45, 2.75) is 44.6 Å². The van der Waals surface area contributed by atoms with Crippen molar-refractivity contribution < 1.29 is 12.9 Å². The van der Waals surface area contributed by atoms with Crippen molar-refractivity contribution in [1.29, 1.82) is 0 Å². The number of aryl methyl sites for hydroxylation is 1. The van der Waals surface area contributed by atoms with Crippen LogP contribution in [0.4, 0.5) is 0 Å². The minimum absolute atomic E-state index is 0.379. The van der Waals surface area contributed by atoms with Crippen LogP contribution in [0.1, 0.15) is 43.2 Å². The summed E-state index contributed by atoms with van der Waals surface area (Å²) >= 11 is 0. The largest absolute Gasteiger partial charge is 0.360 e. The lowest BCUT2D eigenvalue weighted by atomic mass is 9.99. The lowest BCUT2D eigenvalue weighted by molar-refractivity contribution is 0.166. The van der Waals surface area contributed by atoms with Crippen molar-refractivity contribution in [3.63, 3.8) is 0 Å². The van der Waals surface area contributed by atoms with Crippen LogP contribution in [0, 0.1) is 6.92 Å². The van der Waals surface area contributed by atoms with Crippen molar-refractivity contribution in [3.8, 4) is 0 Å². The van der Waals surface area contributed by atoms with Crippen LogP contribution in [-0.4, -0.2) is 49.0 Å². The number of sulfonamides is 1. The van der Waals surface area contributed by atoms with Crippen LogP contribution < -0.4 is 0 Å². The van der Waals surface area contributed by atoms with E-state index >= 15 is 0 Å². The molecule has 1 atom stereocenters. The van der Waals surface area contributed by atoms with Crippen LogP contribution in [-0.2, 0) is 16.6 Å². The highest BCUT2D eigenvalue weighted by Crippen LogP contribution is 2.23. The number of piperazine rings is 1. The molecule has 0 spiro atoms. The van der Waals surface area contributed by atoms with Gasteiger partial charge in [0.05, 0.1) is 17.1 Å². The topological polar surface area (TPSA) is 66.7 Å². The average molecular weight is 378 g/mol. The van der Waals surface area contributed by atoms with Gasteiger partial charge in [0, 0.05) is 32.2 Å². The van der Waals surface area contributed by atoms with Crippen LogP contribution in [0.5, 0.6) is 0 Å². The SMILES string of the molecule is CCC(C)c1ccc(S(=O)(=O)N2CCN(Cc3cc(C)no3)CC2)cc1. The van der Waals surface area contributed by atoms with Crippen LogP contribution in [0.2, 0.25) is 0 Å². The summed E-state index contributed by atoms with van der Waals surface area (Å²) < 4.78 is 32.6. The molecule has 26 heavy (non-hydrogen) atoms. The molecule has 0 amide bonds. The Hall–Kier alpha value is -1.70. The highest BCUT2D eigenvalue weighted by atomic mass is 32.2. The summed E-state index contributed by atoms with van der Waals surface area (Å²) in [5, 5.41) is 3.89. The van der Waals surface area contributed by atoms with Gasteiger partial charge in [-0.05, 0) is 37.0 Å². The molecule has 0 N–H and O–H groups in total. The second kappa shape index (κ2) is 7.90. The van der Waals surface area contributed by atoms with Gasteiger partial charge < -0.3 is 4.52 Å². The Labute approximate surface area is 155 Å². The second-order valence-corrected chi connectivity index (χ2v) is 8.93. The van der Waals surface area contributed by atoms with E-state index in [1.165, 1.54) is 5.56 Å². The number of hydrogen-bond acceptors (Lipinski definition) is 5. The molecule has 1 aromatic heterocycles. The van der Waals surface area contributed by atoms with E-state index in [0.29, 0.717) is 43.5 Å². The molecule has 1 aliphatic rings. The Morgan fingerprint density at radius 1 is 1.15 bits per heavy atom. The third kappa shape index (κ3) is 4.16. The Kier molecular flexibility index (Phi) is 5.79. The lowest BCUT2D eigenvalue weighted by Gasteiger charge is -2.33. The molecule has 3 rings (SSSR count). The highest BCUT2D eigenvalue weighted by Gasteiger charge is 2.28. The molecular formula is C19H27N3O3S. The van der Waals surface area contributed by atoms with Gasteiger partial charge >= 0.3 is 0 Å². The third-order valence-corrected chi connectivity index (χ3v) is 7.00. The van der Waals surface area contributed by atoms with E-state index in [0.717, 1.165) is 17.9 Å². The van der Waals surface area contributed by atoms with Crippen molar-refractivity contribution in [3.05, 3.63) is 47.3 Å². The van der Waals surface area contributed by atoms with Gasteiger partial charge in [-0.15, -0.1) is 0 Å². The van der Waals surface area contributed by atoms with E-state index in [-0.39, 0.29) is 0 Å². The first kappa shape index (κ1) is 19.1. The molecule has 0 bridgehead atoms. The number of hydrogen-bond donors (Lipinski definition) is 0. The van der Waals surface area contributed by atoms with Gasteiger partial charge in [0.1, 0.15) is 0 Å². The fraction of sp³-hybridized carbons (Fsp3) is 0.526. The van der Waals surface area contributed by atoms with E-state index in [1.54, 1.807) is 16.4 Å². The summed E-state index contributed by atoms with van der Waals surface area (Å²) in [6.45, 7) is 9.19. The Bertz CT molecular complexity index is 822. The first-order valence-corrected chi connectivity index (χ1v) is 10.6. The van der Waals surface area contributed by atoms with E-state index in [1.807, 2.05) is 25.1 Å². The maximum atomic E-state index is 12.9. The quantitative estimate of drug-likeness (QED) is 0.774. The molecule has 2 heterocycles. The number of benzene rings is 1. The molecule has 6 nitrogen and oxygen atoms in total. The van der Waals surface area contributed by atoms with Gasteiger partial charge in [-0.3, -0.25) is 4.90 Å². The molecular weight excluding hydrogens is 350 g/mol. The van der Waals surface area contributed by atoms with Crippen LogP contribution in [0.15, 0.2) is 39.8 Å². The van der Waals surface area contributed by atoms with E-state index < -0.39 is 10.0 Å². The van der Waals surface area contributed by atoms with Crippen molar-refractivity contribution in [2.24, 2.45) is 0 Å². The zero-order chi connectivity index (χ0) is 18.7. The molecule has 0 aliphatic carbocycles. The number of rotatable bonds is 6. The first-order chi connectivity index (χ1) is 12.4. The standard InChI is InChI=1S/C19H27N3O3S/c1-4-15(2)17-5-7-19(8-6-17)26(23,24)22-11-9-21(10-12-22)14-18-13-16(3)20-25-18/h5-8,13,15H,4,9-12,14H2,1-3H3. The minimum Gasteiger partial charge on any atom is -0.360 e. The normalized spacial score (nSPS) is 18.1. The van der Waals surface area contributed by atoms with Gasteiger partial charge in [0.15, 0.2) is 5.76 Å². The molecule has 2 aromatic rings. The van der Waals surface area contributed by atoms with Crippen molar-refractivity contribution in [1.82, 2.24) is 14.4 Å². The van der Waals surface area contributed by atoms with Gasteiger partial charge in [0.2, 0.25) is 10.0 Å². The summed E-state index contributed by atoms with van der Waals surface area (Å²) in [6.07, 6.45) is 1.04. The maximum absolute atomic E-state index is 12.9. The van der Waals surface area contributed by atoms with Gasteiger partial charge in [-0.2, -0.15) is 4.31 Å². The number of aromatic nitrogens is 1. The Balaban J connectivity index is 1.62. The van der Waals surface area contributed by atoms with E-state index in [9.17, 15) is 8.42 Å². The molecule has 1 fully saturated rings. The van der Waals surface area contributed by atoms with E-state index in [2.05, 4.69) is 23.9 Å². The van der Waals surface area contributed by atoms with Crippen molar-refractivity contribution >= 4 is 10.0 Å². The van der Waals surface area contributed by atoms with Crippen molar-refractivity contribution in [2.75, 3.05) is 26.2 Å². The van der Waals surface area contributed by atoms with E-state index in [4.69, 9.17) is 4.52 Å². The molecule has 1 aliphatic heterocycles. The van der Waals surface area contributed by atoms with Gasteiger partial charge in [-0.1, -0.05) is 31.1 Å². The lowest BCUT2D eigenvalue weighted by Crippen LogP contribution is -2.48. The summed E-state index contributed by atoms with van der Waals surface area (Å²) in [5.41, 5.74) is 2.04. The van der Waals surface area contributed by atoms with Crippen LogP contribution >= 0.6 is 0 Å². The fourth-order valence-corrected chi connectivity index (χ4v) is 4.61. The zero-order valence-corrected chi connectivity index (χ0v) is 16.5. The summed E-state index contributed by atoms with van der Waals surface area (Å²) in [7, 11) is -3.43. The zero-order valence-electron chi connectivity index (χ0n) is 15.7.